The molecule has 3 rings (SSSR count). The molecule has 0 saturated heterocycles. The van der Waals surface area contributed by atoms with E-state index in [4.69, 9.17) is 5.14 Å². The predicted molar refractivity (Wildman–Crippen MR) is 76.6 cm³/mol. The van der Waals surface area contributed by atoms with Gasteiger partial charge in [-0.2, -0.15) is 0 Å². The van der Waals surface area contributed by atoms with Gasteiger partial charge < -0.3 is 4.90 Å². The summed E-state index contributed by atoms with van der Waals surface area (Å²) in [6.07, 6.45) is 6.89. The van der Waals surface area contributed by atoms with Gasteiger partial charge in [-0.05, 0) is 36.9 Å². The highest BCUT2D eigenvalue weighted by molar-refractivity contribution is 8.00. The summed E-state index contributed by atoms with van der Waals surface area (Å²) in [7, 11) is 0. The number of thioether (sulfide) groups is 1. The van der Waals surface area contributed by atoms with Crippen molar-refractivity contribution in [3.05, 3.63) is 18.2 Å². The van der Waals surface area contributed by atoms with E-state index in [0.29, 0.717) is 0 Å². The number of rotatable bonds is 2. The monoisotopic (exact) mass is 266 g/mol. The van der Waals surface area contributed by atoms with E-state index < -0.39 is 0 Å². The first-order chi connectivity index (χ1) is 8.40. The first-order valence-electron chi connectivity index (χ1n) is 6.29. The highest BCUT2D eigenvalue weighted by Gasteiger charge is 2.29. The molecule has 0 bridgehead atoms. The first kappa shape index (κ1) is 11.8. The van der Waals surface area contributed by atoms with Crippen molar-refractivity contribution in [2.45, 2.75) is 47.9 Å². The molecule has 1 aromatic carbocycles. The fourth-order valence-electron chi connectivity index (χ4n) is 2.88. The van der Waals surface area contributed by atoms with Crippen molar-refractivity contribution in [3.63, 3.8) is 0 Å². The molecule has 17 heavy (non-hydrogen) atoms. The van der Waals surface area contributed by atoms with Crippen molar-refractivity contribution in [1.29, 1.82) is 0 Å². The maximum atomic E-state index is 5.80. The van der Waals surface area contributed by atoms with E-state index in [1.165, 1.54) is 59.5 Å². The van der Waals surface area contributed by atoms with Gasteiger partial charge in [0.25, 0.3) is 0 Å². The summed E-state index contributed by atoms with van der Waals surface area (Å²) < 4.78 is 0. The highest BCUT2D eigenvalue weighted by atomic mass is 32.2. The summed E-state index contributed by atoms with van der Waals surface area (Å²) in [6, 6.07) is 7.23. The Morgan fingerprint density at radius 1 is 1.24 bits per heavy atom. The molecule has 0 aromatic heterocycles. The molecule has 0 atom stereocenters. The minimum absolute atomic E-state index is 0.741. The molecule has 2 aliphatic rings. The molecule has 4 heteroatoms. The predicted octanol–water partition coefficient (Wildman–Crippen LogP) is 3.85. The third kappa shape index (κ3) is 2.18. The van der Waals surface area contributed by atoms with E-state index in [0.717, 1.165) is 11.9 Å². The zero-order chi connectivity index (χ0) is 11.7. The Bertz CT molecular complexity index is 402. The Morgan fingerprint density at radius 3 is 2.82 bits per heavy atom. The SMILES string of the molecule is NSc1cccc2c1N(C1CCCCC1)CS2. The van der Waals surface area contributed by atoms with Gasteiger partial charge in [-0.3, -0.25) is 5.14 Å². The second-order valence-corrected chi connectivity index (χ2v) is 6.42. The molecular formula is C13H18N2S2. The molecule has 92 valence electrons. The van der Waals surface area contributed by atoms with Crippen LogP contribution in [0.2, 0.25) is 0 Å². The minimum Gasteiger partial charge on any atom is -0.357 e. The van der Waals surface area contributed by atoms with Crippen LogP contribution in [0.1, 0.15) is 32.1 Å². The van der Waals surface area contributed by atoms with Gasteiger partial charge in [-0.15, -0.1) is 11.8 Å². The van der Waals surface area contributed by atoms with Crippen LogP contribution in [0.25, 0.3) is 0 Å². The van der Waals surface area contributed by atoms with E-state index in [-0.39, 0.29) is 0 Å². The molecule has 1 heterocycles. The van der Waals surface area contributed by atoms with Crippen molar-refractivity contribution in [1.82, 2.24) is 0 Å². The first-order valence-corrected chi connectivity index (χ1v) is 8.16. The Hall–Kier alpha value is -0.320. The molecule has 1 aliphatic heterocycles. The van der Waals surface area contributed by atoms with E-state index in [9.17, 15) is 0 Å². The van der Waals surface area contributed by atoms with Crippen molar-refractivity contribution >= 4 is 29.4 Å². The molecule has 1 saturated carbocycles. The number of nitrogens with two attached hydrogens (primary N) is 1. The van der Waals surface area contributed by atoms with E-state index in [2.05, 4.69) is 23.1 Å². The fraction of sp³-hybridized carbons (Fsp3) is 0.538. The maximum absolute atomic E-state index is 5.80. The lowest BCUT2D eigenvalue weighted by Crippen LogP contribution is -2.34. The third-order valence-electron chi connectivity index (χ3n) is 3.75. The lowest BCUT2D eigenvalue weighted by atomic mass is 9.94. The van der Waals surface area contributed by atoms with Gasteiger partial charge in [-0.25, -0.2) is 0 Å². The Morgan fingerprint density at radius 2 is 2.06 bits per heavy atom. The van der Waals surface area contributed by atoms with Crippen LogP contribution in [0.15, 0.2) is 28.0 Å². The molecule has 2 N–H and O–H groups in total. The number of fused-ring (bicyclic) bond motifs is 1. The zero-order valence-corrected chi connectivity index (χ0v) is 11.5. The van der Waals surface area contributed by atoms with Crippen LogP contribution in [0.4, 0.5) is 5.69 Å². The molecular weight excluding hydrogens is 248 g/mol. The van der Waals surface area contributed by atoms with Gasteiger partial charge in [0.1, 0.15) is 0 Å². The van der Waals surface area contributed by atoms with Crippen molar-refractivity contribution in [3.8, 4) is 0 Å². The number of anilines is 1. The van der Waals surface area contributed by atoms with Gasteiger partial charge in [-0.1, -0.05) is 25.3 Å². The van der Waals surface area contributed by atoms with Gasteiger partial charge >= 0.3 is 0 Å². The van der Waals surface area contributed by atoms with Crippen molar-refractivity contribution < 1.29 is 0 Å². The Labute approximate surface area is 111 Å². The number of hydrogen-bond donors (Lipinski definition) is 1. The number of benzene rings is 1. The lowest BCUT2D eigenvalue weighted by Gasteiger charge is -2.33. The van der Waals surface area contributed by atoms with Gasteiger partial charge in [0.05, 0.1) is 11.6 Å². The van der Waals surface area contributed by atoms with Crippen LogP contribution in [0, 0.1) is 0 Å². The molecule has 0 amide bonds. The average molecular weight is 266 g/mol. The summed E-state index contributed by atoms with van der Waals surface area (Å²) in [4.78, 5) is 5.23. The van der Waals surface area contributed by atoms with Crippen molar-refractivity contribution in [2.24, 2.45) is 5.14 Å². The normalized spacial score (nSPS) is 20.6. The second-order valence-electron chi connectivity index (χ2n) is 4.76. The van der Waals surface area contributed by atoms with Gasteiger partial charge in [0, 0.05) is 15.8 Å². The quantitative estimate of drug-likeness (QED) is 0.823. The standard InChI is InChI=1S/C13H18N2S2/c14-17-12-8-4-7-11-13(12)15(9-16-11)10-5-2-1-3-6-10/h4,7-8,10H,1-3,5-6,9,14H2. The van der Waals surface area contributed by atoms with Gasteiger partial charge in [0.15, 0.2) is 0 Å². The maximum Gasteiger partial charge on any atom is 0.0690 e. The van der Waals surface area contributed by atoms with E-state index >= 15 is 0 Å². The second kappa shape index (κ2) is 5.12. The topological polar surface area (TPSA) is 29.3 Å². The van der Waals surface area contributed by atoms with E-state index in [1.54, 1.807) is 0 Å². The van der Waals surface area contributed by atoms with Crippen LogP contribution in [-0.4, -0.2) is 11.9 Å². The van der Waals surface area contributed by atoms with Crippen LogP contribution < -0.4 is 10.0 Å². The Kier molecular flexibility index (Phi) is 3.54. The molecule has 2 nitrogen and oxygen atoms in total. The fourth-order valence-corrected chi connectivity index (χ4v) is 4.60. The minimum atomic E-state index is 0.741. The lowest BCUT2D eigenvalue weighted by molar-refractivity contribution is 0.425. The average Bonchev–Trinajstić information content (AvgIpc) is 2.83. The summed E-state index contributed by atoms with van der Waals surface area (Å²) in [6.45, 7) is 0. The molecule has 1 aliphatic carbocycles. The van der Waals surface area contributed by atoms with E-state index in [1.807, 2.05) is 11.8 Å². The molecule has 1 fully saturated rings. The van der Waals surface area contributed by atoms with Crippen LogP contribution >= 0.6 is 23.7 Å². The molecule has 1 aromatic rings. The molecule has 0 spiro atoms. The largest absolute Gasteiger partial charge is 0.357 e. The number of hydrogen-bond acceptors (Lipinski definition) is 4. The van der Waals surface area contributed by atoms with Gasteiger partial charge in [0.2, 0.25) is 0 Å². The summed E-state index contributed by atoms with van der Waals surface area (Å²) >= 11 is 3.34. The molecule has 0 unspecified atom stereocenters. The molecule has 0 radical (unpaired) electrons. The number of para-hydroxylation sites is 1. The number of nitrogens with zero attached hydrogens (tertiary/aromatic N) is 1. The smallest absolute Gasteiger partial charge is 0.0690 e. The van der Waals surface area contributed by atoms with Crippen LogP contribution in [0.3, 0.4) is 0 Å². The third-order valence-corrected chi connectivity index (χ3v) is 5.38. The Balaban J connectivity index is 1.91. The summed E-state index contributed by atoms with van der Waals surface area (Å²) in [5.41, 5.74) is 1.40. The highest BCUT2D eigenvalue weighted by Crippen LogP contribution is 2.46. The van der Waals surface area contributed by atoms with Crippen molar-refractivity contribution in [2.75, 3.05) is 10.8 Å². The zero-order valence-electron chi connectivity index (χ0n) is 9.89. The summed E-state index contributed by atoms with van der Waals surface area (Å²) in [5.74, 6) is 1.11. The van der Waals surface area contributed by atoms with Crippen LogP contribution in [-0.2, 0) is 0 Å². The summed E-state index contributed by atoms with van der Waals surface area (Å²) in [5, 5.41) is 5.80. The van der Waals surface area contributed by atoms with Crippen LogP contribution in [0.5, 0.6) is 0 Å².